The van der Waals surface area contributed by atoms with Crippen LogP contribution in [0.4, 0.5) is 0 Å². The number of rotatable bonds is 3. The normalized spacial score (nSPS) is 18.6. The summed E-state index contributed by atoms with van der Waals surface area (Å²) in [6.45, 7) is 0.417. The Balaban J connectivity index is 1.88. The van der Waals surface area contributed by atoms with Crippen LogP contribution in [0.2, 0.25) is 0 Å². The Labute approximate surface area is 101 Å². The smallest absolute Gasteiger partial charge is 0.240 e. The highest BCUT2D eigenvalue weighted by Gasteiger charge is 2.34. The molecular formula is C12H18N4O. The molecular weight excluding hydrogens is 216 g/mol. The van der Waals surface area contributed by atoms with E-state index in [4.69, 9.17) is 5.73 Å². The number of amides is 1. The van der Waals surface area contributed by atoms with Gasteiger partial charge in [0.15, 0.2) is 0 Å². The summed E-state index contributed by atoms with van der Waals surface area (Å²) in [7, 11) is 0. The van der Waals surface area contributed by atoms with Gasteiger partial charge in [-0.1, -0.05) is 19.3 Å². The molecule has 0 bridgehead atoms. The van der Waals surface area contributed by atoms with E-state index in [2.05, 4.69) is 15.3 Å². The first kappa shape index (κ1) is 12.0. The van der Waals surface area contributed by atoms with Gasteiger partial charge in [0.25, 0.3) is 0 Å². The summed E-state index contributed by atoms with van der Waals surface area (Å²) in [6, 6.07) is 1.78. The van der Waals surface area contributed by atoms with E-state index in [0.717, 1.165) is 31.4 Å². The second-order valence-electron chi connectivity index (χ2n) is 4.60. The van der Waals surface area contributed by atoms with Crippen LogP contribution in [0, 0.1) is 0 Å². The number of hydrogen-bond acceptors (Lipinski definition) is 4. The lowest BCUT2D eigenvalue weighted by molar-refractivity contribution is -0.127. The zero-order valence-electron chi connectivity index (χ0n) is 9.85. The summed E-state index contributed by atoms with van der Waals surface area (Å²) in [5.74, 6) is -0.0594. The Bertz CT molecular complexity index is 373. The maximum Gasteiger partial charge on any atom is 0.240 e. The molecule has 0 unspecified atom stereocenters. The van der Waals surface area contributed by atoms with E-state index < -0.39 is 5.54 Å². The van der Waals surface area contributed by atoms with Gasteiger partial charge in [0.1, 0.15) is 6.33 Å². The van der Waals surface area contributed by atoms with Crippen LogP contribution in [0.3, 0.4) is 0 Å². The van der Waals surface area contributed by atoms with Crippen molar-refractivity contribution in [1.82, 2.24) is 15.3 Å². The zero-order valence-corrected chi connectivity index (χ0v) is 9.85. The molecule has 0 saturated heterocycles. The fraction of sp³-hybridized carbons (Fsp3) is 0.583. The van der Waals surface area contributed by atoms with Crippen LogP contribution in [0.25, 0.3) is 0 Å². The van der Waals surface area contributed by atoms with Crippen LogP contribution in [-0.4, -0.2) is 21.4 Å². The minimum atomic E-state index is -0.675. The molecule has 1 aliphatic carbocycles. The van der Waals surface area contributed by atoms with Gasteiger partial charge >= 0.3 is 0 Å². The number of aromatic nitrogens is 2. The molecule has 1 saturated carbocycles. The van der Waals surface area contributed by atoms with E-state index >= 15 is 0 Å². The standard InChI is InChI=1S/C12H18N4O/c13-12(5-2-1-3-6-12)11(17)15-8-10-4-7-14-9-16-10/h4,7,9H,1-3,5-6,8,13H2,(H,15,17). The van der Waals surface area contributed by atoms with Crippen molar-refractivity contribution in [3.8, 4) is 0 Å². The van der Waals surface area contributed by atoms with E-state index in [1.807, 2.05) is 0 Å². The third-order valence-corrected chi connectivity index (χ3v) is 3.27. The van der Waals surface area contributed by atoms with Crippen molar-refractivity contribution in [2.24, 2.45) is 5.73 Å². The highest BCUT2D eigenvalue weighted by atomic mass is 16.2. The fourth-order valence-corrected chi connectivity index (χ4v) is 2.18. The van der Waals surface area contributed by atoms with Crippen molar-refractivity contribution in [2.75, 3.05) is 0 Å². The SMILES string of the molecule is NC1(C(=O)NCc2ccncn2)CCCCC1. The highest BCUT2D eigenvalue weighted by Crippen LogP contribution is 2.25. The molecule has 92 valence electrons. The van der Waals surface area contributed by atoms with E-state index in [-0.39, 0.29) is 5.91 Å². The van der Waals surface area contributed by atoms with Gasteiger partial charge in [0.2, 0.25) is 5.91 Å². The number of nitrogens with one attached hydrogen (secondary N) is 1. The molecule has 1 fully saturated rings. The summed E-state index contributed by atoms with van der Waals surface area (Å²) in [5, 5.41) is 2.85. The van der Waals surface area contributed by atoms with Crippen molar-refractivity contribution in [3.63, 3.8) is 0 Å². The molecule has 0 aromatic carbocycles. The first-order chi connectivity index (χ1) is 8.21. The minimum Gasteiger partial charge on any atom is -0.349 e. The molecule has 3 N–H and O–H groups in total. The zero-order chi connectivity index (χ0) is 12.1. The van der Waals surface area contributed by atoms with Crippen LogP contribution in [0.5, 0.6) is 0 Å². The first-order valence-corrected chi connectivity index (χ1v) is 6.03. The predicted octanol–water partition coefficient (Wildman–Crippen LogP) is 0.754. The maximum atomic E-state index is 12.0. The van der Waals surface area contributed by atoms with Crippen LogP contribution in [0.15, 0.2) is 18.6 Å². The van der Waals surface area contributed by atoms with Crippen LogP contribution in [0.1, 0.15) is 37.8 Å². The molecule has 0 atom stereocenters. The van der Waals surface area contributed by atoms with Crippen LogP contribution >= 0.6 is 0 Å². The molecule has 2 rings (SSSR count). The highest BCUT2D eigenvalue weighted by molar-refractivity contribution is 5.86. The monoisotopic (exact) mass is 234 g/mol. The minimum absolute atomic E-state index is 0.0594. The van der Waals surface area contributed by atoms with E-state index in [0.29, 0.717) is 6.54 Å². The average molecular weight is 234 g/mol. The summed E-state index contributed by atoms with van der Waals surface area (Å²) in [5.41, 5.74) is 6.25. The predicted molar refractivity (Wildman–Crippen MR) is 63.9 cm³/mol. The molecule has 1 aromatic heterocycles. The van der Waals surface area contributed by atoms with Crippen LogP contribution < -0.4 is 11.1 Å². The van der Waals surface area contributed by atoms with Gasteiger partial charge in [0.05, 0.1) is 17.8 Å². The summed E-state index contributed by atoms with van der Waals surface area (Å²) >= 11 is 0. The lowest BCUT2D eigenvalue weighted by Gasteiger charge is -2.31. The Kier molecular flexibility index (Phi) is 3.68. The molecule has 1 heterocycles. The number of nitrogens with zero attached hydrogens (tertiary/aromatic N) is 2. The Morgan fingerprint density at radius 1 is 1.41 bits per heavy atom. The van der Waals surface area contributed by atoms with Crippen molar-refractivity contribution < 1.29 is 4.79 Å². The van der Waals surface area contributed by atoms with Gasteiger partial charge in [-0.2, -0.15) is 0 Å². The summed E-state index contributed by atoms with van der Waals surface area (Å²) < 4.78 is 0. The van der Waals surface area contributed by atoms with Gasteiger partial charge in [-0.3, -0.25) is 4.79 Å². The number of hydrogen-bond donors (Lipinski definition) is 2. The molecule has 1 aromatic rings. The molecule has 0 spiro atoms. The molecule has 0 radical (unpaired) electrons. The average Bonchev–Trinajstić information content (AvgIpc) is 2.38. The molecule has 5 nitrogen and oxygen atoms in total. The van der Waals surface area contributed by atoms with E-state index in [1.165, 1.54) is 12.7 Å². The molecule has 0 aliphatic heterocycles. The van der Waals surface area contributed by atoms with Crippen molar-refractivity contribution >= 4 is 5.91 Å². The van der Waals surface area contributed by atoms with Gasteiger partial charge < -0.3 is 11.1 Å². The summed E-state index contributed by atoms with van der Waals surface area (Å²) in [4.78, 5) is 19.9. The van der Waals surface area contributed by atoms with Crippen molar-refractivity contribution in [3.05, 3.63) is 24.3 Å². The van der Waals surface area contributed by atoms with E-state index in [9.17, 15) is 4.79 Å². The van der Waals surface area contributed by atoms with Gasteiger partial charge in [-0.05, 0) is 18.9 Å². The number of carbonyl (C=O) groups is 1. The quantitative estimate of drug-likeness (QED) is 0.808. The lowest BCUT2D eigenvalue weighted by atomic mass is 9.82. The fourth-order valence-electron chi connectivity index (χ4n) is 2.18. The molecule has 5 heteroatoms. The molecule has 1 amide bonds. The second-order valence-corrected chi connectivity index (χ2v) is 4.60. The summed E-state index contributed by atoms with van der Waals surface area (Å²) in [6.07, 6.45) is 7.95. The number of carbonyl (C=O) groups excluding carboxylic acids is 1. The third kappa shape index (κ3) is 3.00. The Morgan fingerprint density at radius 2 is 2.18 bits per heavy atom. The first-order valence-electron chi connectivity index (χ1n) is 6.03. The van der Waals surface area contributed by atoms with Crippen molar-refractivity contribution in [1.29, 1.82) is 0 Å². The number of nitrogens with two attached hydrogens (primary N) is 1. The third-order valence-electron chi connectivity index (χ3n) is 3.27. The molecule has 17 heavy (non-hydrogen) atoms. The molecule has 1 aliphatic rings. The van der Waals surface area contributed by atoms with Gasteiger partial charge in [0, 0.05) is 6.20 Å². The van der Waals surface area contributed by atoms with Crippen molar-refractivity contribution in [2.45, 2.75) is 44.2 Å². The van der Waals surface area contributed by atoms with Gasteiger partial charge in [-0.15, -0.1) is 0 Å². The maximum absolute atomic E-state index is 12.0. The van der Waals surface area contributed by atoms with E-state index in [1.54, 1.807) is 12.3 Å². The Morgan fingerprint density at radius 3 is 2.82 bits per heavy atom. The topological polar surface area (TPSA) is 80.9 Å². The lowest BCUT2D eigenvalue weighted by Crippen LogP contribution is -2.54. The Hall–Kier alpha value is -1.49. The largest absolute Gasteiger partial charge is 0.349 e. The van der Waals surface area contributed by atoms with Gasteiger partial charge in [-0.25, -0.2) is 9.97 Å². The second kappa shape index (κ2) is 5.23. The van der Waals surface area contributed by atoms with Crippen LogP contribution in [-0.2, 0) is 11.3 Å².